The maximum atomic E-state index is 13.4. The van der Waals surface area contributed by atoms with Gasteiger partial charge in [-0.25, -0.2) is 0 Å². The summed E-state index contributed by atoms with van der Waals surface area (Å²) in [6, 6.07) is 24.2. The Morgan fingerprint density at radius 2 is 1.67 bits per heavy atom. The molecule has 3 N–H and O–H groups in total. The molecule has 9 heteroatoms. The van der Waals surface area contributed by atoms with Crippen LogP contribution in [0, 0.1) is 0 Å². The molecule has 0 saturated carbocycles. The molecule has 0 aliphatic carbocycles. The van der Waals surface area contributed by atoms with Crippen molar-refractivity contribution in [2.45, 2.75) is 11.3 Å². The number of aromatic amines is 1. The van der Waals surface area contributed by atoms with Crippen LogP contribution in [-0.2, 0) is 6.42 Å². The second kappa shape index (κ2) is 13.5. The normalized spacial score (nSPS) is 11.0. The standard InChI is InChI=1S/C33H33N3O5S/c1-39-29-13-8-21(18-30(29)40-2)14-15-34-16-17-41-23-11-9-22(10-12-23)35-33(38)27-20-24(42-3)19-26-31(27)36-28-7-5-4-6-25(28)32(26)37/h4-13,18-20,34H,14-17H2,1-3H3,(H,35,38)(H,36,37). The van der Waals surface area contributed by atoms with Gasteiger partial charge in [-0.1, -0.05) is 18.2 Å². The zero-order valence-electron chi connectivity index (χ0n) is 23.8. The summed E-state index contributed by atoms with van der Waals surface area (Å²) < 4.78 is 16.5. The van der Waals surface area contributed by atoms with Crippen LogP contribution in [0.2, 0.25) is 0 Å². The van der Waals surface area contributed by atoms with Crippen LogP contribution >= 0.6 is 11.8 Å². The number of fused-ring (bicyclic) bond motifs is 2. The molecule has 0 radical (unpaired) electrons. The molecule has 0 saturated heterocycles. The van der Waals surface area contributed by atoms with Gasteiger partial charge in [-0.3, -0.25) is 9.59 Å². The minimum atomic E-state index is -0.297. The van der Waals surface area contributed by atoms with Gasteiger partial charge in [0.15, 0.2) is 16.9 Å². The van der Waals surface area contributed by atoms with Crippen molar-refractivity contribution in [2.24, 2.45) is 0 Å². The van der Waals surface area contributed by atoms with E-state index in [1.54, 1.807) is 32.4 Å². The van der Waals surface area contributed by atoms with E-state index in [2.05, 4.69) is 15.6 Å². The third-order valence-corrected chi connectivity index (χ3v) is 7.67. The van der Waals surface area contributed by atoms with Crippen LogP contribution in [0.5, 0.6) is 17.2 Å². The minimum absolute atomic E-state index is 0.0961. The Kier molecular flexibility index (Phi) is 9.31. The third-order valence-electron chi connectivity index (χ3n) is 6.97. The molecule has 0 atom stereocenters. The lowest BCUT2D eigenvalue weighted by Gasteiger charge is -2.12. The van der Waals surface area contributed by atoms with Crippen molar-refractivity contribution >= 4 is 45.2 Å². The van der Waals surface area contributed by atoms with Crippen LogP contribution in [0.3, 0.4) is 0 Å². The summed E-state index contributed by atoms with van der Waals surface area (Å²) >= 11 is 1.49. The molecule has 216 valence electrons. The Labute approximate surface area is 248 Å². The smallest absolute Gasteiger partial charge is 0.257 e. The number of benzene rings is 4. The molecule has 0 bridgehead atoms. The van der Waals surface area contributed by atoms with Crippen molar-refractivity contribution in [1.29, 1.82) is 0 Å². The number of hydrogen-bond donors (Lipinski definition) is 3. The van der Waals surface area contributed by atoms with E-state index >= 15 is 0 Å². The lowest BCUT2D eigenvalue weighted by Crippen LogP contribution is -2.23. The Bertz CT molecular complexity index is 1770. The molecule has 5 aromatic rings. The number of pyridine rings is 1. The fourth-order valence-electron chi connectivity index (χ4n) is 4.76. The maximum Gasteiger partial charge on any atom is 0.257 e. The van der Waals surface area contributed by atoms with Crippen molar-refractivity contribution in [2.75, 3.05) is 45.5 Å². The molecule has 0 unspecified atom stereocenters. The van der Waals surface area contributed by atoms with E-state index < -0.39 is 0 Å². The number of hydrogen-bond acceptors (Lipinski definition) is 7. The Morgan fingerprint density at radius 3 is 2.43 bits per heavy atom. The van der Waals surface area contributed by atoms with E-state index in [1.807, 2.05) is 66.9 Å². The van der Waals surface area contributed by atoms with E-state index in [0.717, 1.165) is 34.9 Å². The van der Waals surface area contributed by atoms with Gasteiger partial charge in [0.1, 0.15) is 12.4 Å². The van der Waals surface area contributed by atoms with Gasteiger partial charge in [0.05, 0.1) is 25.3 Å². The van der Waals surface area contributed by atoms with Gasteiger partial charge in [0.25, 0.3) is 5.91 Å². The van der Waals surface area contributed by atoms with Crippen molar-refractivity contribution in [3.63, 3.8) is 0 Å². The SMILES string of the molecule is COc1ccc(CCNCCOc2ccc(NC(=O)c3cc(SC)cc4c(=O)c5ccccc5[nH]c34)cc2)cc1OC. The molecule has 42 heavy (non-hydrogen) atoms. The molecule has 4 aromatic carbocycles. The largest absolute Gasteiger partial charge is 0.493 e. The summed E-state index contributed by atoms with van der Waals surface area (Å²) in [6.45, 7) is 2.00. The van der Waals surface area contributed by atoms with Crippen LogP contribution in [0.15, 0.2) is 88.6 Å². The zero-order valence-corrected chi connectivity index (χ0v) is 24.6. The van der Waals surface area contributed by atoms with E-state index in [0.29, 0.717) is 52.0 Å². The first kappa shape index (κ1) is 29.0. The quantitative estimate of drug-likeness (QED) is 0.0957. The molecule has 8 nitrogen and oxygen atoms in total. The lowest BCUT2D eigenvalue weighted by atomic mass is 10.1. The number of ether oxygens (including phenoxy) is 3. The van der Waals surface area contributed by atoms with E-state index in [1.165, 1.54) is 11.8 Å². The van der Waals surface area contributed by atoms with Gasteiger partial charge < -0.3 is 29.8 Å². The third kappa shape index (κ3) is 6.53. The molecule has 0 aliphatic heterocycles. The summed E-state index contributed by atoms with van der Waals surface area (Å²) in [4.78, 5) is 30.7. The molecular formula is C33H33N3O5S. The van der Waals surface area contributed by atoms with Crippen LogP contribution in [0.4, 0.5) is 5.69 Å². The zero-order chi connectivity index (χ0) is 29.5. The summed E-state index contributed by atoms with van der Waals surface area (Å²) in [5.41, 5.74) is 3.32. The average molecular weight is 584 g/mol. The number of aromatic nitrogens is 1. The fourth-order valence-corrected chi connectivity index (χ4v) is 5.24. The molecule has 1 heterocycles. The number of amides is 1. The monoisotopic (exact) mass is 583 g/mol. The van der Waals surface area contributed by atoms with Gasteiger partial charge in [-0.05, 0) is 85.4 Å². The second-order valence-corrected chi connectivity index (χ2v) is 10.5. The fraction of sp³-hybridized carbons (Fsp3) is 0.212. The average Bonchev–Trinajstić information content (AvgIpc) is 3.03. The lowest BCUT2D eigenvalue weighted by molar-refractivity contribution is 0.102. The first-order valence-corrected chi connectivity index (χ1v) is 14.8. The number of nitrogens with one attached hydrogen (secondary N) is 3. The van der Waals surface area contributed by atoms with E-state index in [4.69, 9.17) is 14.2 Å². The number of H-pyrrole nitrogens is 1. The van der Waals surface area contributed by atoms with Gasteiger partial charge in [0.2, 0.25) is 0 Å². The Balaban J connectivity index is 1.17. The predicted octanol–water partition coefficient (Wildman–Crippen LogP) is 5.88. The molecule has 0 spiro atoms. The molecule has 5 rings (SSSR count). The van der Waals surface area contributed by atoms with Crippen LogP contribution < -0.4 is 30.3 Å². The molecular weight excluding hydrogens is 550 g/mol. The van der Waals surface area contributed by atoms with E-state index in [-0.39, 0.29) is 11.3 Å². The van der Waals surface area contributed by atoms with Gasteiger partial charge >= 0.3 is 0 Å². The number of anilines is 1. The number of carbonyl (C=O) groups is 1. The number of thioether (sulfide) groups is 1. The van der Waals surface area contributed by atoms with Crippen LogP contribution in [0.1, 0.15) is 15.9 Å². The highest BCUT2D eigenvalue weighted by molar-refractivity contribution is 7.98. The van der Waals surface area contributed by atoms with Crippen molar-refractivity contribution < 1.29 is 19.0 Å². The molecule has 0 fully saturated rings. The first-order valence-electron chi connectivity index (χ1n) is 13.6. The molecule has 0 aliphatic rings. The van der Waals surface area contributed by atoms with Gasteiger partial charge in [-0.2, -0.15) is 0 Å². The topological polar surface area (TPSA) is 102 Å². The summed E-state index contributed by atoms with van der Waals surface area (Å²) in [5.74, 6) is 1.86. The van der Waals surface area contributed by atoms with Gasteiger partial charge in [-0.15, -0.1) is 11.8 Å². The van der Waals surface area contributed by atoms with Gasteiger partial charge in [0, 0.05) is 33.4 Å². The van der Waals surface area contributed by atoms with Crippen molar-refractivity contribution in [3.05, 3.63) is 100 Å². The highest BCUT2D eigenvalue weighted by atomic mass is 32.2. The Morgan fingerprint density at radius 1 is 0.881 bits per heavy atom. The summed E-state index contributed by atoms with van der Waals surface area (Å²) in [6.07, 6.45) is 2.78. The first-order chi connectivity index (χ1) is 20.5. The number of carbonyl (C=O) groups excluding carboxylic acids is 1. The van der Waals surface area contributed by atoms with Crippen LogP contribution in [0.25, 0.3) is 21.8 Å². The number of methoxy groups -OCH3 is 2. The number of rotatable bonds is 12. The molecule has 1 aromatic heterocycles. The second-order valence-electron chi connectivity index (χ2n) is 9.61. The van der Waals surface area contributed by atoms with Crippen molar-refractivity contribution in [3.8, 4) is 17.2 Å². The maximum absolute atomic E-state index is 13.4. The summed E-state index contributed by atoms with van der Waals surface area (Å²) in [7, 11) is 3.26. The molecule has 1 amide bonds. The predicted molar refractivity (Wildman–Crippen MR) is 170 cm³/mol. The number of para-hydroxylation sites is 1. The highest BCUT2D eigenvalue weighted by Crippen LogP contribution is 2.28. The highest BCUT2D eigenvalue weighted by Gasteiger charge is 2.16. The van der Waals surface area contributed by atoms with Crippen molar-refractivity contribution in [1.82, 2.24) is 10.3 Å². The van der Waals surface area contributed by atoms with E-state index in [9.17, 15) is 9.59 Å². The van der Waals surface area contributed by atoms with Crippen LogP contribution in [-0.4, -0.2) is 51.1 Å². The minimum Gasteiger partial charge on any atom is -0.493 e. The summed E-state index contributed by atoms with van der Waals surface area (Å²) in [5, 5.41) is 7.43. The Hall–Kier alpha value is -4.47.